The van der Waals surface area contributed by atoms with E-state index in [1.165, 1.54) is 0 Å². The van der Waals surface area contributed by atoms with Gasteiger partial charge in [0.15, 0.2) is 0 Å². The summed E-state index contributed by atoms with van der Waals surface area (Å²) in [7, 11) is 0. The summed E-state index contributed by atoms with van der Waals surface area (Å²) in [5.41, 5.74) is 1.27. The molecule has 1 spiro atoms. The SMILES string of the molecule is CCC[C@@H]1N(C(=O)CCN2CCCCCC2=O)CC[C@@]12C(=O)Nc1ccccc12. The van der Waals surface area contributed by atoms with Gasteiger partial charge in [-0.1, -0.05) is 38.0 Å². The Labute approximate surface area is 172 Å². The molecule has 2 atom stereocenters. The number of para-hydroxylation sites is 1. The molecule has 29 heavy (non-hydrogen) atoms. The number of hydrogen-bond acceptors (Lipinski definition) is 3. The van der Waals surface area contributed by atoms with Gasteiger partial charge in [0.2, 0.25) is 17.7 Å². The Hall–Kier alpha value is -2.37. The van der Waals surface area contributed by atoms with E-state index < -0.39 is 5.41 Å². The van der Waals surface area contributed by atoms with Gasteiger partial charge in [0, 0.05) is 38.2 Å². The molecule has 0 aromatic heterocycles. The molecule has 156 valence electrons. The molecule has 0 bridgehead atoms. The monoisotopic (exact) mass is 397 g/mol. The molecule has 4 rings (SSSR count). The highest BCUT2D eigenvalue weighted by Gasteiger charge is 2.58. The van der Waals surface area contributed by atoms with E-state index in [4.69, 9.17) is 0 Å². The highest BCUT2D eigenvalue weighted by atomic mass is 16.2. The zero-order valence-electron chi connectivity index (χ0n) is 17.3. The summed E-state index contributed by atoms with van der Waals surface area (Å²) in [4.78, 5) is 42.3. The first-order chi connectivity index (χ1) is 14.1. The van der Waals surface area contributed by atoms with Gasteiger partial charge in [-0.2, -0.15) is 0 Å². The van der Waals surface area contributed by atoms with Crippen LogP contribution in [0.5, 0.6) is 0 Å². The summed E-state index contributed by atoms with van der Waals surface area (Å²) >= 11 is 0. The fourth-order valence-electron chi connectivity index (χ4n) is 5.42. The summed E-state index contributed by atoms with van der Waals surface area (Å²) in [6.07, 6.45) is 6.36. The summed E-state index contributed by atoms with van der Waals surface area (Å²) in [6, 6.07) is 7.76. The summed E-state index contributed by atoms with van der Waals surface area (Å²) < 4.78 is 0. The van der Waals surface area contributed by atoms with Gasteiger partial charge in [0.25, 0.3) is 0 Å². The molecule has 6 heteroatoms. The number of anilines is 1. The maximum Gasteiger partial charge on any atom is 0.237 e. The van der Waals surface area contributed by atoms with Crippen LogP contribution < -0.4 is 5.32 Å². The van der Waals surface area contributed by atoms with Crippen molar-refractivity contribution < 1.29 is 14.4 Å². The van der Waals surface area contributed by atoms with E-state index in [0.29, 0.717) is 32.4 Å². The minimum atomic E-state index is -0.638. The third kappa shape index (κ3) is 3.43. The van der Waals surface area contributed by atoms with Crippen molar-refractivity contribution in [2.24, 2.45) is 0 Å². The molecule has 3 aliphatic rings. The van der Waals surface area contributed by atoms with E-state index in [1.807, 2.05) is 34.1 Å². The number of carbonyl (C=O) groups is 3. The first-order valence-electron chi connectivity index (χ1n) is 11.1. The van der Waals surface area contributed by atoms with E-state index >= 15 is 0 Å². The fraction of sp³-hybridized carbons (Fsp3) is 0.609. The van der Waals surface area contributed by atoms with Crippen molar-refractivity contribution in [2.45, 2.75) is 69.7 Å². The molecular weight excluding hydrogens is 366 g/mol. The first-order valence-corrected chi connectivity index (χ1v) is 11.1. The Morgan fingerprint density at radius 1 is 1.17 bits per heavy atom. The molecule has 3 heterocycles. The van der Waals surface area contributed by atoms with Gasteiger partial charge in [-0.15, -0.1) is 0 Å². The van der Waals surface area contributed by atoms with Crippen molar-refractivity contribution in [1.82, 2.24) is 9.80 Å². The number of carbonyl (C=O) groups excluding carboxylic acids is 3. The van der Waals surface area contributed by atoms with Gasteiger partial charge in [0.1, 0.15) is 0 Å². The molecule has 0 aliphatic carbocycles. The van der Waals surface area contributed by atoms with Crippen LogP contribution in [0.3, 0.4) is 0 Å². The van der Waals surface area contributed by atoms with Crippen molar-refractivity contribution in [3.8, 4) is 0 Å². The predicted molar refractivity (Wildman–Crippen MR) is 111 cm³/mol. The van der Waals surface area contributed by atoms with Gasteiger partial charge in [-0.05, 0) is 37.3 Å². The number of likely N-dealkylation sites (tertiary alicyclic amines) is 2. The number of benzene rings is 1. The molecule has 1 aromatic carbocycles. The summed E-state index contributed by atoms with van der Waals surface area (Å²) in [5, 5.41) is 3.04. The molecule has 2 fully saturated rings. The second kappa shape index (κ2) is 8.17. The molecule has 6 nitrogen and oxygen atoms in total. The molecule has 0 saturated carbocycles. The molecule has 3 amide bonds. The molecule has 3 aliphatic heterocycles. The van der Waals surface area contributed by atoms with Crippen LogP contribution in [0.15, 0.2) is 24.3 Å². The van der Waals surface area contributed by atoms with E-state index in [-0.39, 0.29) is 23.8 Å². The number of rotatable bonds is 5. The number of nitrogens with one attached hydrogen (secondary N) is 1. The molecule has 0 radical (unpaired) electrons. The van der Waals surface area contributed by atoms with E-state index in [1.54, 1.807) is 0 Å². The maximum absolute atomic E-state index is 13.2. The average Bonchev–Trinajstić information content (AvgIpc) is 3.14. The zero-order valence-corrected chi connectivity index (χ0v) is 17.3. The Balaban J connectivity index is 1.52. The van der Waals surface area contributed by atoms with Crippen LogP contribution in [0.25, 0.3) is 0 Å². The second-order valence-electron chi connectivity index (χ2n) is 8.55. The smallest absolute Gasteiger partial charge is 0.237 e. The van der Waals surface area contributed by atoms with Gasteiger partial charge in [-0.25, -0.2) is 0 Å². The predicted octanol–water partition coefficient (Wildman–Crippen LogP) is 3.07. The number of amides is 3. The summed E-state index contributed by atoms with van der Waals surface area (Å²) in [6.45, 7) is 3.94. The third-order valence-electron chi connectivity index (χ3n) is 6.90. The van der Waals surface area contributed by atoms with Crippen LogP contribution >= 0.6 is 0 Å². The quantitative estimate of drug-likeness (QED) is 0.830. The van der Waals surface area contributed by atoms with Crippen LogP contribution in [-0.4, -0.2) is 53.2 Å². The zero-order chi connectivity index (χ0) is 20.4. The lowest BCUT2D eigenvalue weighted by Crippen LogP contribution is -2.49. The standard InChI is InChI=1S/C23H31N3O3/c1-2-8-19-23(17-9-5-6-10-18(17)24-22(23)29)13-16-26(19)21(28)12-15-25-14-7-3-4-11-20(25)27/h5-6,9-10,19H,2-4,7-8,11-16H2,1H3,(H,24,29)/t19-,23-/m0/s1. The van der Waals surface area contributed by atoms with Crippen LogP contribution in [0.4, 0.5) is 5.69 Å². The van der Waals surface area contributed by atoms with Crippen LogP contribution in [0.2, 0.25) is 0 Å². The van der Waals surface area contributed by atoms with Crippen LogP contribution in [0, 0.1) is 0 Å². The largest absolute Gasteiger partial charge is 0.342 e. The maximum atomic E-state index is 13.2. The van der Waals surface area contributed by atoms with Crippen molar-refractivity contribution >= 4 is 23.4 Å². The highest BCUT2D eigenvalue weighted by Crippen LogP contribution is 2.49. The second-order valence-corrected chi connectivity index (χ2v) is 8.55. The lowest BCUT2D eigenvalue weighted by atomic mass is 9.73. The minimum Gasteiger partial charge on any atom is -0.342 e. The normalized spacial score (nSPS) is 26.6. The molecule has 2 saturated heterocycles. The molecule has 0 unspecified atom stereocenters. The van der Waals surface area contributed by atoms with Crippen molar-refractivity contribution in [1.29, 1.82) is 0 Å². The summed E-state index contributed by atoms with van der Waals surface area (Å²) in [5.74, 6) is 0.257. The van der Waals surface area contributed by atoms with Crippen molar-refractivity contribution in [2.75, 3.05) is 25.0 Å². The number of nitrogens with zero attached hydrogens (tertiary/aromatic N) is 2. The van der Waals surface area contributed by atoms with E-state index in [9.17, 15) is 14.4 Å². The Bertz CT molecular complexity index is 808. The lowest BCUT2D eigenvalue weighted by Gasteiger charge is -2.34. The highest BCUT2D eigenvalue weighted by molar-refractivity contribution is 6.07. The van der Waals surface area contributed by atoms with Gasteiger partial charge >= 0.3 is 0 Å². The number of fused-ring (bicyclic) bond motifs is 2. The Kier molecular flexibility index (Phi) is 5.61. The van der Waals surface area contributed by atoms with E-state index in [0.717, 1.165) is 49.9 Å². The molecule has 1 N–H and O–H groups in total. The Morgan fingerprint density at radius 2 is 2.00 bits per heavy atom. The van der Waals surface area contributed by atoms with Crippen molar-refractivity contribution in [3.63, 3.8) is 0 Å². The lowest BCUT2D eigenvalue weighted by molar-refractivity contribution is -0.135. The van der Waals surface area contributed by atoms with Crippen molar-refractivity contribution in [3.05, 3.63) is 29.8 Å². The van der Waals surface area contributed by atoms with Crippen LogP contribution in [-0.2, 0) is 19.8 Å². The van der Waals surface area contributed by atoms with E-state index in [2.05, 4.69) is 12.2 Å². The fourth-order valence-corrected chi connectivity index (χ4v) is 5.42. The van der Waals surface area contributed by atoms with Gasteiger partial charge < -0.3 is 15.1 Å². The molecule has 1 aromatic rings. The van der Waals surface area contributed by atoms with Gasteiger partial charge in [0.05, 0.1) is 11.5 Å². The Morgan fingerprint density at radius 3 is 2.83 bits per heavy atom. The van der Waals surface area contributed by atoms with Crippen LogP contribution in [0.1, 0.15) is 63.9 Å². The first kappa shape index (κ1) is 19.9. The average molecular weight is 398 g/mol. The van der Waals surface area contributed by atoms with Gasteiger partial charge in [-0.3, -0.25) is 14.4 Å². The number of hydrogen-bond donors (Lipinski definition) is 1. The topological polar surface area (TPSA) is 69.7 Å². The third-order valence-corrected chi connectivity index (χ3v) is 6.90. The molecular formula is C23H31N3O3. The minimum absolute atomic E-state index is 0.0233.